The summed E-state index contributed by atoms with van der Waals surface area (Å²) in [6.07, 6.45) is 9.32. The van der Waals surface area contributed by atoms with Crippen molar-refractivity contribution in [3.05, 3.63) is 324 Å². The van der Waals surface area contributed by atoms with Crippen molar-refractivity contribution in [2.24, 2.45) is 5.92 Å². The zero-order chi connectivity index (χ0) is 54.2. The molecule has 16 rings (SSSR count). The summed E-state index contributed by atoms with van der Waals surface area (Å²) in [5.41, 5.74) is 29.4. The largest absolute Gasteiger partial charge is 0.310 e. The Morgan fingerprint density at radius 2 is 0.753 bits per heavy atom. The van der Waals surface area contributed by atoms with Crippen LogP contribution in [0.2, 0.25) is 0 Å². The first-order valence-corrected chi connectivity index (χ1v) is 29.6. The van der Waals surface area contributed by atoms with Gasteiger partial charge in [0.1, 0.15) is 0 Å². The van der Waals surface area contributed by atoms with Gasteiger partial charge < -0.3 is 9.80 Å². The molecule has 0 N–H and O–H groups in total. The van der Waals surface area contributed by atoms with Crippen molar-refractivity contribution in [3.63, 3.8) is 0 Å². The first-order valence-electron chi connectivity index (χ1n) is 28.5. The Bertz CT molecular complexity index is 4410. The van der Waals surface area contributed by atoms with Crippen molar-refractivity contribution < 1.29 is 0 Å². The third kappa shape index (κ3) is 6.98. The standard InChI is InChI=1S/C78H57IN2/c1-76(2)64-28-14-10-24-58(64)60-46-44-56(48-70(60)76)80(54-40-36-52(37-41-54)50-20-6-4-7-21-50)72-34-18-32-68-74(72)62-26-12-16-30-66(62)78(68)67-31-17-13-27-63(67)75-69(78)33-19-35-73(75)81(55-42-38-53(39-43-55)51-22-8-5-9-23-51)57-45-47-61-59-25-11-15-29-65(59)77(3,79)71(61)49-57/h4-49,58,64H,1-3H3. The van der Waals surface area contributed by atoms with Crippen LogP contribution in [0, 0.1) is 5.92 Å². The van der Waals surface area contributed by atoms with E-state index in [4.69, 9.17) is 0 Å². The van der Waals surface area contributed by atoms with Crippen LogP contribution in [0.3, 0.4) is 0 Å². The highest BCUT2D eigenvalue weighted by Gasteiger charge is 2.54. The van der Waals surface area contributed by atoms with E-state index in [1.54, 1.807) is 0 Å². The first kappa shape index (κ1) is 48.2. The van der Waals surface area contributed by atoms with E-state index in [1.165, 1.54) is 106 Å². The molecule has 11 aromatic carbocycles. The number of halogens is 1. The molecule has 0 amide bonds. The number of fused-ring (bicyclic) bond motifs is 16. The Labute approximate surface area is 489 Å². The maximum Gasteiger partial charge on any atom is 0.0727 e. The normalized spacial score (nSPS) is 19.5. The van der Waals surface area contributed by atoms with Gasteiger partial charge in [0.05, 0.1) is 20.2 Å². The lowest BCUT2D eigenvalue weighted by Crippen LogP contribution is -2.26. The van der Waals surface area contributed by atoms with E-state index in [-0.39, 0.29) is 8.84 Å². The van der Waals surface area contributed by atoms with Gasteiger partial charge in [0.25, 0.3) is 0 Å². The second-order valence-electron chi connectivity index (χ2n) is 23.3. The summed E-state index contributed by atoms with van der Waals surface area (Å²) in [5.74, 6) is 0.769. The lowest BCUT2D eigenvalue weighted by molar-refractivity contribution is 0.394. The molecule has 1 spiro atoms. The van der Waals surface area contributed by atoms with Crippen LogP contribution in [0.15, 0.2) is 279 Å². The van der Waals surface area contributed by atoms with E-state index in [0.717, 1.165) is 28.4 Å². The van der Waals surface area contributed by atoms with Gasteiger partial charge in [-0.15, -0.1) is 0 Å². The van der Waals surface area contributed by atoms with Crippen LogP contribution in [-0.2, 0) is 14.3 Å². The Morgan fingerprint density at radius 3 is 1.31 bits per heavy atom. The second-order valence-corrected chi connectivity index (χ2v) is 25.5. The van der Waals surface area contributed by atoms with E-state index in [0.29, 0.717) is 11.8 Å². The third-order valence-corrected chi connectivity index (χ3v) is 20.0. The minimum absolute atomic E-state index is 0.0528. The van der Waals surface area contributed by atoms with Crippen molar-refractivity contribution >= 4 is 56.7 Å². The molecule has 5 aliphatic rings. The molecule has 0 heterocycles. The quantitative estimate of drug-likeness (QED) is 0.111. The highest BCUT2D eigenvalue weighted by Crippen LogP contribution is 2.67. The molecule has 4 atom stereocenters. The summed E-state index contributed by atoms with van der Waals surface area (Å²) in [4.78, 5) is 5.09. The Balaban J connectivity index is 0.920. The van der Waals surface area contributed by atoms with E-state index < -0.39 is 5.41 Å². The van der Waals surface area contributed by atoms with Gasteiger partial charge in [0, 0.05) is 39.8 Å². The van der Waals surface area contributed by atoms with Gasteiger partial charge in [-0.05, 0) is 168 Å². The van der Waals surface area contributed by atoms with Crippen molar-refractivity contribution in [1.82, 2.24) is 0 Å². The van der Waals surface area contributed by atoms with Crippen LogP contribution in [0.1, 0.15) is 71.2 Å². The molecule has 0 aliphatic heterocycles. The summed E-state index contributed by atoms with van der Waals surface area (Å²) in [5, 5.41) is 0. The summed E-state index contributed by atoms with van der Waals surface area (Å²) in [6, 6.07) is 96.2. The number of alkyl halides is 1. The topological polar surface area (TPSA) is 6.48 Å². The van der Waals surface area contributed by atoms with Gasteiger partial charge in [0.15, 0.2) is 0 Å². The summed E-state index contributed by atoms with van der Waals surface area (Å²) in [7, 11) is 0. The molecular weight excluding hydrogens is 1090 g/mol. The number of benzene rings is 11. The van der Waals surface area contributed by atoms with Gasteiger partial charge in [-0.1, -0.05) is 255 Å². The molecule has 11 aromatic rings. The number of nitrogens with zero attached hydrogens (tertiary/aromatic N) is 2. The summed E-state index contributed by atoms with van der Waals surface area (Å²) in [6.45, 7) is 7.26. The number of rotatable bonds is 8. The average Bonchev–Trinajstić information content (AvgIpc) is 2.43. The molecule has 5 aliphatic carbocycles. The van der Waals surface area contributed by atoms with Crippen LogP contribution in [-0.4, -0.2) is 0 Å². The first-order chi connectivity index (χ1) is 39.7. The van der Waals surface area contributed by atoms with Crippen molar-refractivity contribution in [1.29, 1.82) is 0 Å². The predicted octanol–water partition coefficient (Wildman–Crippen LogP) is 21.1. The highest BCUT2D eigenvalue weighted by molar-refractivity contribution is 14.1. The van der Waals surface area contributed by atoms with E-state index in [9.17, 15) is 0 Å². The maximum absolute atomic E-state index is 2.69. The Hall–Kier alpha value is -8.77. The predicted molar refractivity (Wildman–Crippen MR) is 346 cm³/mol. The minimum Gasteiger partial charge on any atom is -0.310 e. The van der Waals surface area contributed by atoms with Crippen molar-refractivity contribution in [2.75, 3.05) is 9.80 Å². The number of anilines is 6. The molecule has 4 unspecified atom stereocenters. The molecule has 0 radical (unpaired) electrons. The van der Waals surface area contributed by atoms with Crippen LogP contribution in [0.5, 0.6) is 0 Å². The summed E-state index contributed by atoms with van der Waals surface area (Å²) >= 11 is 2.69. The molecule has 0 aromatic heterocycles. The molecule has 386 valence electrons. The number of hydrogen-bond acceptors (Lipinski definition) is 2. The van der Waals surface area contributed by atoms with Gasteiger partial charge in [-0.25, -0.2) is 0 Å². The van der Waals surface area contributed by atoms with Gasteiger partial charge in [0.2, 0.25) is 0 Å². The molecule has 0 saturated carbocycles. The van der Waals surface area contributed by atoms with Gasteiger partial charge in [-0.3, -0.25) is 0 Å². The zero-order valence-corrected chi connectivity index (χ0v) is 47.6. The minimum atomic E-state index is -0.621. The van der Waals surface area contributed by atoms with Crippen LogP contribution in [0.25, 0.3) is 55.6 Å². The van der Waals surface area contributed by atoms with Crippen LogP contribution in [0.4, 0.5) is 34.1 Å². The zero-order valence-electron chi connectivity index (χ0n) is 45.5. The van der Waals surface area contributed by atoms with Gasteiger partial charge in [-0.2, -0.15) is 0 Å². The van der Waals surface area contributed by atoms with Crippen molar-refractivity contribution in [3.8, 4) is 55.6 Å². The molecule has 0 bridgehead atoms. The third-order valence-electron chi connectivity index (χ3n) is 18.8. The van der Waals surface area contributed by atoms with Crippen molar-refractivity contribution in [2.45, 2.75) is 40.9 Å². The van der Waals surface area contributed by atoms with Crippen LogP contribution >= 0.6 is 22.6 Å². The maximum atomic E-state index is 2.69. The van der Waals surface area contributed by atoms with E-state index in [2.05, 4.69) is 332 Å². The molecular formula is C78H57IN2. The molecule has 0 saturated heterocycles. The fraction of sp³-hybridized carbons (Fsp3) is 0.103. The van der Waals surface area contributed by atoms with E-state index >= 15 is 0 Å². The highest BCUT2D eigenvalue weighted by atomic mass is 127. The SMILES string of the molecule is CC1(I)c2ccccc2-c2ccc(N(c3ccc(-c4ccccc4)cc3)c3cccc4c3-c3ccccc3C43c4ccccc4-c4c(N(c5ccc(-c6ccccc6)cc5)c5ccc6c(c5)C(C)(C)C5C=CC=CC65)cccc43)cc21. The molecule has 3 heteroatoms. The molecule has 81 heavy (non-hydrogen) atoms. The summed E-state index contributed by atoms with van der Waals surface area (Å²) < 4.78 is -0.201. The fourth-order valence-electron chi connectivity index (χ4n) is 15.2. The monoisotopic (exact) mass is 1150 g/mol. The van der Waals surface area contributed by atoms with E-state index in [1.807, 2.05) is 0 Å². The lowest BCUT2D eigenvalue weighted by Gasteiger charge is -2.33. The van der Waals surface area contributed by atoms with Crippen LogP contribution < -0.4 is 9.80 Å². The number of hydrogen-bond donors (Lipinski definition) is 0. The average molecular weight is 1150 g/mol. The molecule has 2 nitrogen and oxygen atoms in total. The smallest absolute Gasteiger partial charge is 0.0727 e. The fourth-order valence-corrected chi connectivity index (χ4v) is 16.1. The Morgan fingerprint density at radius 1 is 0.333 bits per heavy atom. The molecule has 0 fully saturated rings. The Kier molecular flexibility index (Phi) is 10.8. The number of allylic oxidation sites excluding steroid dienone is 4. The second kappa shape index (κ2) is 18.1. The van der Waals surface area contributed by atoms with Gasteiger partial charge >= 0.3 is 0 Å². The lowest BCUT2D eigenvalue weighted by atomic mass is 9.70.